The minimum Gasteiger partial charge on any atom is -0.486 e. The van der Waals surface area contributed by atoms with E-state index in [4.69, 9.17) is 9.15 Å². The third kappa shape index (κ3) is 11.8. The lowest BCUT2D eigenvalue weighted by molar-refractivity contribution is -0.289. The van der Waals surface area contributed by atoms with Gasteiger partial charge in [-0.3, -0.25) is 33.6 Å². The zero-order valence-corrected chi connectivity index (χ0v) is 33.4. The number of fused-ring (bicyclic) bond motifs is 2. The van der Waals surface area contributed by atoms with Crippen molar-refractivity contribution in [1.82, 2.24) is 21.3 Å². The van der Waals surface area contributed by atoms with Crippen molar-refractivity contribution >= 4 is 46.4 Å². The summed E-state index contributed by atoms with van der Waals surface area (Å²) in [5, 5.41) is 7.95. The van der Waals surface area contributed by atoms with Gasteiger partial charge in [0.05, 0.1) is 20.1 Å². The maximum absolute atomic E-state index is 14.0. The molecule has 0 aromatic heterocycles. The largest absolute Gasteiger partial charge is 0.486 e. The molecule has 3 aromatic rings. The molecule has 0 fully saturated rings. The molecule has 3 unspecified atom stereocenters. The van der Waals surface area contributed by atoms with E-state index >= 15 is 0 Å². The molecule has 0 radical (unpaired) electrons. The molecule has 20 heteroatoms. The van der Waals surface area contributed by atoms with Gasteiger partial charge in [-0.2, -0.15) is 26.3 Å². The highest BCUT2D eigenvalue weighted by Gasteiger charge is 2.62. The minimum atomic E-state index is -6.17. The molecule has 0 bridgehead atoms. The number of hydrogen-bond donors (Lipinski definition) is 4. The fourth-order valence-electron chi connectivity index (χ4n) is 6.48. The topological polar surface area (TPSA) is 199 Å². The number of halogens is 6. The number of methoxy groups -OCH3 is 1. The number of esters is 1. The van der Waals surface area contributed by atoms with Gasteiger partial charge >= 0.3 is 18.3 Å². The van der Waals surface area contributed by atoms with E-state index in [9.17, 15) is 59.9 Å². The minimum absolute atomic E-state index is 0.0617. The quantitative estimate of drug-likeness (QED) is 0.0593. The Morgan fingerprint density at radius 2 is 1.41 bits per heavy atom. The molecule has 4 N–H and O–H groups in total. The fourth-order valence-corrected chi connectivity index (χ4v) is 6.48. The molecular weight excluding hydrogens is 846 g/mol. The summed E-state index contributed by atoms with van der Waals surface area (Å²) in [4.78, 5) is 89.3. The van der Waals surface area contributed by atoms with Crippen LogP contribution in [0.5, 0.6) is 5.75 Å². The Labute approximate surface area is 353 Å². The molecule has 332 valence electrons. The molecule has 2 aliphatic rings. The van der Waals surface area contributed by atoms with Gasteiger partial charge in [0.25, 0.3) is 5.91 Å². The lowest BCUT2D eigenvalue weighted by atomic mass is 9.90. The second-order valence-corrected chi connectivity index (χ2v) is 14.1. The zero-order valence-electron chi connectivity index (χ0n) is 33.4. The summed E-state index contributed by atoms with van der Waals surface area (Å²) in [6, 6.07) is 16.4. The summed E-state index contributed by atoms with van der Waals surface area (Å²) in [5.41, 5.74) is 2.49. The molecular formula is C43H38F6N4O10. The van der Waals surface area contributed by atoms with Crippen LogP contribution in [0.15, 0.2) is 100 Å². The van der Waals surface area contributed by atoms with Crippen LogP contribution in [-0.4, -0.2) is 86.1 Å². The van der Waals surface area contributed by atoms with Crippen LogP contribution in [0.1, 0.15) is 29.3 Å². The first-order valence-corrected chi connectivity index (χ1v) is 18.8. The second-order valence-electron chi connectivity index (χ2n) is 14.1. The average molecular weight is 885 g/mol. The molecule has 0 saturated carbocycles. The average Bonchev–Trinajstić information content (AvgIpc) is 3.22. The molecule has 0 saturated heterocycles. The number of nitrogens with one attached hydrogen (secondary N) is 4. The number of rotatable bonds is 16. The summed E-state index contributed by atoms with van der Waals surface area (Å²) in [5.74, 6) is -11.9. The predicted octanol–water partition coefficient (Wildman–Crippen LogP) is 5.03. The highest BCUT2D eigenvalue weighted by Crippen LogP contribution is 2.42. The Balaban J connectivity index is 1.30. The number of benzene rings is 4. The molecule has 1 heterocycles. The van der Waals surface area contributed by atoms with Gasteiger partial charge in [-0.05, 0) is 67.4 Å². The highest BCUT2D eigenvalue weighted by molar-refractivity contribution is 6.04. The Bertz CT molecular complexity index is 2530. The van der Waals surface area contributed by atoms with Crippen molar-refractivity contribution in [3.63, 3.8) is 0 Å². The van der Waals surface area contributed by atoms with E-state index < -0.39 is 91.3 Å². The molecule has 63 heavy (non-hydrogen) atoms. The molecule has 0 spiro atoms. The van der Waals surface area contributed by atoms with Crippen molar-refractivity contribution in [3.8, 4) is 28.2 Å². The van der Waals surface area contributed by atoms with Crippen LogP contribution >= 0.6 is 0 Å². The number of carbonyl (C=O) groups excluding carboxylic acids is 6. The summed E-state index contributed by atoms with van der Waals surface area (Å²) < 4.78 is 99.7. The Kier molecular flexibility index (Phi) is 14.6. The number of aryl methyl sites for hydroxylation is 1. The Morgan fingerprint density at radius 1 is 0.762 bits per heavy atom. The Hall–Kier alpha value is -7.25. The summed E-state index contributed by atoms with van der Waals surface area (Å²) >= 11 is 0. The van der Waals surface area contributed by atoms with Crippen molar-refractivity contribution in [2.75, 3.05) is 20.3 Å². The predicted molar refractivity (Wildman–Crippen MR) is 212 cm³/mol. The molecule has 3 aromatic carbocycles. The van der Waals surface area contributed by atoms with Crippen molar-refractivity contribution in [3.05, 3.63) is 112 Å². The van der Waals surface area contributed by atoms with Crippen LogP contribution in [0.3, 0.4) is 0 Å². The van der Waals surface area contributed by atoms with Gasteiger partial charge in [0.2, 0.25) is 17.7 Å². The van der Waals surface area contributed by atoms with E-state index in [-0.39, 0.29) is 16.7 Å². The van der Waals surface area contributed by atoms with Gasteiger partial charge in [-0.25, -0.2) is 0 Å². The molecule has 14 nitrogen and oxygen atoms in total. The standard InChI is InChI=1S/C43H38F6N4O10/c1-22-17-24(13-15-27(22)36-28-11-7-8-12-32(28)63-33-18-25(54)14-16-29(33)36)40(59)50-20-34(56)53-37(38(42(44,45)46)43(47,48)49)41(60)51-23(2)39(58)52-30(19-35(57)61-3)31(55)21-62-26-9-5-4-6-10-26/h4-18,23,30,37-38H,19-21H2,1-3H3,(H,50,59)(H,51,60)(H,52,58)(H,53,56). The SMILES string of the molecule is COC(=O)CC(NC(=O)C(C)NC(=O)C(NC(=O)CNC(=O)c1ccc(-c2c3ccc(=O)cc-3oc3ccccc23)c(C)c1)C(C(F)(F)F)C(F)(F)F)C(=O)COc1ccccc1. The first-order valence-electron chi connectivity index (χ1n) is 18.8. The van der Waals surface area contributed by atoms with Crippen LogP contribution in [0, 0.1) is 12.8 Å². The van der Waals surface area contributed by atoms with Crippen LogP contribution in [0.2, 0.25) is 0 Å². The summed E-state index contributed by atoms with van der Waals surface area (Å²) in [7, 11) is 0.976. The van der Waals surface area contributed by atoms with Crippen LogP contribution in [0.25, 0.3) is 33.4 Å². The van der Waals surface area contributed by atoms with E-state index in [1.54, 1.807) is 66.8 Å². The molecule has 1 aliphatic heterocycles. The first kappa shape index (κ1) is 46.8. The van der Waals surface area contributed by atoms with Crippen molar-refractivity contribution in [1.29, 1.82) is 0 Å². The highest BCUT2D eigenvalue weighted by atomic mass is 19.4. The van der Waals surface area contributed by atoms with Crippen LogP contribution in [0.4, 0.5) is 26.3 Å². The number of hydrogen-bond acceptors (Lipinski definition) is 10. The number of alkyl halides is 6. The smallest absolute Gasteiger partial charge is 0.403 e. The maximum atomic E-state index is 14.0. The van der Waals surface area contributed by atoms with Crippen molar-refractivity contribution < 1.29 is 69.0 Å². The van der Waals surface area contributed by atoms with Gasteiger partial charge in [0, 0.05) is 28.1 Å². The van der Waals surface area contributed by atoms with Crippen molar-refractivity contribution in [2.24, 2.45) is 5.92 Å². The van der Waals surface area contributed by atoms with Gasteiger partial charge in [0.1, 0.15) is 41.8 Å². The molecule has 1 aliphatic carbocycles. The second kappa shape index (κ2) is 19.6. The van der Waals surface area contributed by atoms with E-state index in [1.165, 1.54) is 41.7 Å². The number of ether oxygens (including phenoxy) is 2. The lowest BCUT2D eigenvalue weighted by Gasteiger charge is -2.31. The number of carbonyl (C=O) groups is 6. The monoisotopic (exact) mass is 884 g/mol. The zero-order chi connectivity index (χ0) is 46.2. The number of amides is 4. The fraction of sp³-hybridized carbons (Fsp3) is 0.279. The van der Waals surface area contributed by atoms with Gasteiger partial charge < -0.3 is 35.2 Å². The van der Waals surface area contributed by atoms with Gasteiger partial charge in [-0.15, -0.1) is 0 Å². The third-order valence-corrected chi connectivity index (χ3v) is 9.58. The third-order valence-electron chi connectivity index (χ3n) is 9.58. The molecule has 4 amide bonds. The summed E-state index contributed by atoms with van der Waals surface area (Å²) in [6.45, 7) is 0.626. The maximum Gasteiger partial charge on any atom is 0.403 e. The first-order chi connectivity index (χ1) is 29.7. The lowest BCUT2D eigenvalue weighted by Crippen LogP contribution is -2.62. The molecule has 5 rings (SSSR count). The van der Waals surface area contributed by atoms with Gasteiger partial charge in [-0.1, -0.05) is 42.5 Å². The van der Waals surface area contributed by atoms with E-state index in [1.807, 2.05) is 0 Å². The number of ketones is 1. The van der Waals surface area contributed by atoms with E-state index in [0.717, 1.165) is 14.0 Å². The van der Waals surface area contributed by atoms with Crippen LogP contribution in [-0.2, 0) is 28.7 Å². The normalized spacial score (nSPS) is 13.1. The van der Waals surface area contributed by atoms with Crippen molar-refractivity contribution in [2.45, 2.75) is 50.7 Å². The Morgan fingerprint density at radius 3 is 2.06 bits per heavy atom. The molecule has 3 atom stereocenters. The van der Waals surface area contributed by atoms with Gasteiger partial charge in [0.15, 0.2) is 17.1 Å². The van der Waals surface area contributed by atoms with E-state index in [0.29, 0.717) is 39.0 Å². The summed E-state index contributed by atoms with van der Waals surface area (Å²) in [6.07, 6.45) is -13.1. The van der Waals surface area contributed by atoms with Crippen LogP contribution < -0.4 is 31.4 Å². The number of para-hydroxylation sites is 2. The number of Topliss-reactive ketones (excluding diaryl/α,β-unsaturated/α-hetero) is 1. The van der Waals surface area contributed by atoms with E-state index in [2.05, 4.69) is 15.4 Å².